The molecule has 2 saturated carbocycles. The molecule has 0 unspecified atom stereocenters. The predicted molar refractivity (Wildman–Crippen MR) is 107 cm³/mol. The van der Waals surface area contributed by atoms with Crippen molar-refractivity contribution in [3.8, 4) is 0 Å². The summed E-state index contributed by atoms with van der Waals surface area (Å²) in [5, 5.41) is 3.86. The van der Waals surface area contributed by atoms with Gasteiger partial charge in [-0.1, -0.05) is 63.5 Å². The first-order chi connectivity index (χ1) is 11.1. The van der Waals surface area contributed by atoms with Crippen LogP contribution in [0.2, 0.25) is 0 Å². The molecule has 134 valence electrons. The van der Waals surface area contributed by atoms with Gasteiger partial charge in [-0.15, -0.1) is 0 Å². The monoisotopic (exact) mass is 338 g/mol. The Labute approximate surface area is 150 Å². The van der Waals surface area contributed by atoms with Gasteiger partial charge in [-0.05, 0) is 50.7 Å². The van der Waals surface area contributed by atoms with E-state index >= 15 is 0 Å². The maximum Gasteiger partial charge on any atom is 0.168 e. The summed E-state index contributed by atoms with van der Waals surface area (Å²) >= 11 is 5.03. The molecule has 0 spiro atoms. The number of hydrogen-bond donors (Lipinski definition) is 1. The Morgan fingerprint density at radius 2 is 1.30 bits per heavy atom. The summed E-state index contributed by atoms with van der Waals surface area (Å²) in [5.74, 6) is 0.860. The SMILES string of the molecule is C1CCCC1.C=C(C)C1CCCCC1.CNC(=S)N1CCCC1. The van der Waals surface area contributed by atoms with Gasteiger partial charge in [0.1, 0.15) is 0 Å². The van der Waals surface area contributed by atoms with Crippen molar-refractivity contribution < 1.29 is 0 Å². The summed E-state index contributed by atoms with van der Waals surface area (Å²) in [5.41, 5.74) is 1.40. The van der Waals surface area contributed by atoms with Crippen molar-refractivity contribution in [2.24, 2.45) is 5.92 Å². The molecule has 3 aliphatic rings. The van der Waals surface area contributed by atoms with Crippen LogP contribution < -0.4 is 5.32 Å². The summed E-state index contributed by atoms with van der Waals surface area (Å²) in [7, 11) is 1.88. The Hall–Kier alpha value is -0.570. The fraction of sp³-hybridized carbons (Fsp3) is 0.850. The van der Waals surface area contributed by atoms with E-state index in [4.69, 9.17) is 12.2 Å². The van der Waals surface area contributed by atoms with Gasteiger partial charge in [0.05, 0.1) is 0 Å². The minimum absolute atomic E-state index is 0.860. The molecule has 1 aliphatic heterocycles. The summed E-state index contributed by atoms with van der Waals surface area (Å²) in [4.78, 5) is 2.20. The number of nitrogens with zero attached hydrogens (tertiary/aromatic N) is 1. The number of hydrogen-bond acceptors (Lipinski definition) is 1. The van der Waals surface area contributed by atoms with Crippen LogP contribution in [0.5, 0.6) is 0 Å². The molecular formula is C20H38N2S. The average Bonchev–Trinajstić information content (AvgIpc) is 3.31. The van der Waals surface area contributed by atoms with Crippen LogP contribution in [0, 0.1) is 5.92 Å². The second-order valence-electron chi connectivity index (χ2n) is 7.20. The number of rotatable bonds is 1. The van der Waals surface area contributed by atoms with Crippen LogP contribution in [0.4, 0.5) is 0 Å². The molecule has 2 aliphatic carbocycles. The molecule has 3 heteroatoms. The van der Waals surface area contributed by atoms with E-state index in [1.54, 1.807) is 0 Å². The lowest BCUT2D eigenvalue weighted by Gasteiger charge is -2.21. The van der Waals surface area contributed by atoms with Gasteiger partial charge in [0.25, 0.3) is 0 Å². The smallest absolute Gasteiger partial charge is 0.168 e. The van der Waals surface area contributed by atoms with E-state index in [1.807, 2.05) is 7.05 Å². The molecular weight excluding hydrogens is 300 g/mol. The van der Waals surface area contributed by atoms with Crippen LogP contribution in [0.15, 0.2) is 12.2 Å². The zero-order valence-electron chi connectivity index (χ0n) is 15.5. The van der Waals surface area contributed by atoms with E-state index in [9.17, 15) is 0 Å². The van der Waals surface area contributed by atoms with E-state index in [2.05, 4.69) is 23.7 Å². The maximum atomic E-state index is 5.03. The second-order valence-corrected chi connectivity index (χ2v) is 7.59. The molecule has 1 heterocycles. The molecule has 0 aromatic heterocycles. The van der Waals surface area contributed by atoms with Crippen LogP contribution >= 0.6 is 12.2 Å². The first-order valence-corrected chi connectivity index (χ1v) is 10.2. The molecule has 23 heavy (non-hydrogen) atoms. The molecule has 1 saturated heterocycles. The van der Waals surface area contributed by atoms with Crippen molar-refractivity contribution in [2.75, 3.05) is 20.1 Å². The zero-order chi connectivity index (χ0) is 16.9. The fourth-order valence-electron chi connectivity index (χ4n) is 3.56. The first kappa shape index (κ1) is 20.5. The normalized spacial score (nSPS) is 20.9. The molecule has 2 nitrogen and oxygen atoms in total. The minimum atomic E-state index is 0.860. The van der Waals surface area contributed by atoms with Gasteiger partial charge in [-0.25, -0.2) is 0 Å². The van der Waals surface area contributed by atoms with E-state index in [0.29, 0.717) is 0 Å². The molecule has 0 atom stereocenters. The van der Waals surface area contributed by atoms with Gasteiger partial charge >= 0.3 is 0 Å². The van der Waals surface area contributed by atoms with Gasteiger partial charge in [0.2, 0.25) is 0 Å². The minimum Gasteiger partial charge on any atom is -0.366 e. The van der Waals surface area contributed by atoms with E-state index in [0.717, 1.165) is 24.1 Å². The Morgan fingerprint density at radius 1 is 0.870 bits per heavy atom. The lowest BCUT2D eigenvalue weighted by Crippen LogP contribution is -2.35. The highest BCUT2D eigenvalue weighted by Gasteiger charge is 2.13. The van der Waals surface area contributed by atoms with Crippen molar-refractivity contribution in [1.82, 2.24) is 10.2 Å². The lowest BCUT2D eigenvalue weighted by molar-refractivity contribution is 0.404. The van der Waals surface area contributed by atoms with Crippen LogP contribution in [0.25, 0.3) is 0 Å². The average molecular weight is 339 g/mol. The molecule has 0 bridgehead atoms. The molecule has 3 fully saturated rings. The van der Waals surface area contributed by atoms with E-state index in [1.165, 1.54) is 82.6 Å². The molecule has 0 radical (unpaired) electrons. The van der Waals surface area contributed by atoms with Crippen LogP contribution in [-0.4, -0.2) is 30.1 Å². The van der Waals surface area contributed by atoms with Gasteiger partial charge in [0.15, 0.2) is 5.11 Å². The van der Waals surface area contributed by atoms with Gasteiger partial charge in [-0.2, -0.15) is 0 Å². The fourth-order valence-corrected chi connectivity index (χ4v) is 3.74. The largest absolute Gasteiger partial charge is 0.366 e. The molecule has 1 N–H and O–H groups in total. The van der Waals surface area contributed by atoms with E-state index in [-0.39, 0.29) is 0 Å². The van der Waals surface area contributed by atoms with Crippen LogP contribution in [-0.2, 0) is 0 Å². The Bertz CT molecular complexity index is 317. The van der Waals surface area contributed by atoms with Crippen LogP contribution in [0.1, 0.15) is 84.0 Å². The third kappa shape index (κ3) is 9.34. The molecule has 0 amide bonds. The zero-order valence-corrected chi connectivity index (χ0v) is 16.4. The highest BCUT2D eigenvalue weighted by Crippen LogP contribution is 2.28. The molecule has 0 aromatic carbocycles. The van der Waals surface area contributed by atoms with Crippen molar-refractivity contribution in [3.05, 3.63) is 12.2 Å². The quantitative estimate of drug-likeness (QED) is 0.489. The number of nitrogens with one attached hydrogen (secondary N) is 1. The van der Waals surface area contributed by atoms with Crippen molar-refractivity contribution in [2.45, 2.75) is 84.0 Å². The second kappa shape index (κ2) is 12.8. The standard InChI is InChI=1S/C9H16.C6H12N2S.C5H10/c1-8(2)9-6-4-3-5-7-9;1-7-6(9)8-4-2-3-5-8;1-2-4-5-3-1/h9H,1,3-7H2,2H3;2-5H2,1H3,(H,7,9);1-5H2. The number of thiocarbonyl (C=S) groups is 1. The van der Waals surface area contributed by atoms with Crippen molar-refractivity contribution >= 4 is 17.3 Å². The summed E-state index contributed by atoms with van der Waals surface area (Å²) in [6.45, 7) is 8.42. The lowest BCUT2D eigenvalue weighted by atomic mass is 9.85. The predicted octanol–water partition coefficient (Wildman–Crippen LogP) is 5.68. The number of allylic oxidation sites excluding steroid dienone is 1. The molecule has 3 rings (SSSR count). The third-order valence-corrected chi connectivity index (χ3v) is 5.62. The van der Waals surface area contributed by atoms with Crippen LogP contribution in [0.3, 0.4) is 0 Å². The van der Waals surface area contributed by atoms with Gasteiger partial charge in [-0.3, -0.25) is 0 Å². The first-order valence-electron chi connectivity index (χ1n) is 9.77. The van der Waals surface area contributed by atoms with Gasteiger partial charge < -0.3 is 10.2 Å². The summed E-state index contributed by atoms with van der Waals surface area (Å²) in [6, 6.07) is 0. The summed E-state index contributed by atoms with van der Waals surface area (Å²) < 4.78 is 0. The van der Waals surface area contributed by atoms with Gasteiger partial charge in [0, 0.05) is 20.1 Å². The third-order valence-electron chi connectivity index (χ3n) is 5.16. The maximum absolute atomic E-state index is 5.03. The molecule has 0 aromatic rings. The number of likely N-dealkylation sites (tertiary alicyclic amines) is 1. The summed E-state index contributed by atoms with van der Waals surface area (Å²) in [6.07, 6.45) is 17.2. The highest BCUT2D eigenvalue weighted by atomic mass is 32.1. The van der Waals surface area contributed by atoms with Crippen molar-refractivity contribution in [1.29, 1.82) is 0 Å². The topological polar surface area (TPSA) is 15.3 Å². The van der Waals surface area contributed by atoms with Crippen molar-refractivity contribution in [3.63, 3.8) is 0 Å². The Morgan fingerprint density at radius 3 is 1.65 bits per heavy atom. The van der Waals surface area contributed by atoms with E-state index < -0.39 is 0 Å². The highest BCUT2D eigenvalue weighted by molar-refractivity contribution is 7.80. The Balaban J connectivity index is 0.000000180. The Kier molecular flexibility index (Phi) is 11.4.